The van der Waals surface area contributed by atoms with Crippen molar-refractivity contribution in [3.63, 3.8) is 0 Å². The van der Waals surface area contributed by atoms with Crippen LogP contribution in [0.25, 0.3) is 5.76 Å². The molecule has 5 rings (SSSR count). The number of carbonyl (C=O) groups is 2. The molecule has 1 unspecified atom stereocenters. The number of hydrogen-bond acceptors (Lipinski definition) is 5. The van der Waals surface area contributed by atoms with Crippen LogP contribution in [-0.4, -0.2) is 16.8 Å². The van der Waals surface area contributed by atoms with Crippen LogP contribution >= 0.6 is 0 Å². The van der Waals surface area contributed by atoms with Gasteiger partial charge in [-0.1, -0.05) is 18.2 Å². The number of Topliss-reactive ketones (excluding diaryl/α,β-unsaturated/α-hetero) is 1. The molecule has 4 aromatic rings. The summed E-state index contributed by atoms with van der Waals surface area (Å²) in [6.07, 6.45) is 1.43. The highest BCUT2D eigenvalue weighted by Crippen LogP contribution is 2.42. The predicted molar refractivity (Wildman–Crippen MR) is 131 cm³/mol. The third-order valence-electron chi connectivity index (χ3n) is 5.90. The van der Waals surface area contributed by atoms with E-state index in [2.05, 4.69) is 5.32 Å². The summed E-state index contributed by atoms with van der Waals surface area (Å²) in [6, 6.07) is 23.0. The van der Waals surface area contributed by atoms with Crippen LogP contribution in [0, 0.1) is 12.7 Å². The van der Waals surface area contributed by atoms with E-state index in [0.717, 1.165) is 11.4 Å². The first-order valence-electron chi connectivity index (χ1n) is 11.0. The molecule has 6 nitrogen and oxygen atoms in total. The van der Waals surface area contributed by atoms with Gasteiger partial charge in [-0.2, -0.15) is 0 Å². The molecule has 1 atom stereocenters. The van der Waals surface area contributed by atoms with Crippen molar-refractivity contribution in [1.82, 2.24) is 0 Å². The second-order valence-corrected chi connectivity index (χ2v) is 8.19. The second-order valence-electron chi connectivity index (χ2n) is 8.19. The lowest BCUT2D eigenvalue weighted by Gasteiger charge is -2.23. The number of hydrogen-bond donors (Lipinski definition) is 2. The summed E-state index contributed by atoms with van der Waals surface area (Å²) in [6.45, 7) is 1.56. The number of halogens is 1. The van der Waals surface area contributed by atoms with Crippen LogP contribution in [0.15, 0.2) is 101 Å². The Morgan fingerprint density at radius 3 is 2.31 bits per heavy atom. The SMILES string of the molecule is Cc1cc(/C(O)=C2/C(=O)C(=O)N(c3ccc(Nc4ccccc4)cc3)C2c2ccco2)ccc1F. The minimum absolute atomic E-state index is 0.123. The van der Waals surface area contributed by atoms with Crippen LogP contribution in [0.3, 0.4) is 0 Å². The zero-order chi connectivity index (χ0) is 24.5. The standard InChI is InChI=1S/C28H21FN2O4/c1-17-16-18(9-14-22(17)29)26(32)24-25(23-8-5-15-35-23)31(28(34)27(24)33)21-12-10-20(11-13-21)30-19-6-3-2-4-7-19/h2-16,25,30,32H,1H3/b26-24-. The van der Waals surface area contributed by atoms with Gasteiger partial charge in [-0.25, -0.2) is 4.39 Å². The third kappa shape index (κ3) is 4.08. The molecule has 7 heteroatoms. The minimum Gasteiger partial charge on any atom is -0.507 e. The summed E-state index contributed by atoms with van der Waals surface area (Å²) in [7, 11) is 0. The van der Waals surface area contributed by atoms with E-state index < -0.39 is 29.3 Å². The number of aryl methyl sites for hydroxylation is 1. The van der Waals surface area contributed by atoms with E-state index in [0.29, 0.717) is 17.0 Å². The summed E-state index contributed by atoms with van der Waals surface area (Å²) in [5.41, 5.74) is 2.59. The van der Waals surface area contributed by atoms with Gasteiger partial charge in [0.1, 0.15) is 23.4 Å². The van der Waals surface area contributed by atoms with E-state index in [-0.39, 0.29) is 11.1 Å². The van der Waals surface area contributed by atoms with Crippen LogP contribution in [0.2, 0.25) is 0 Å². The number of benzene rings is 3. The number of para-hydroxylation sites is 1. The predicted octanol–water partition coefficient (Wildman–Crippen LogP) is 6.10. The number of furan rings is 1. The maximum Gasteiger partial charge on any atom is 0.300 e. The Labute approximate surface area is 200 Å². The number of carbonyl (C=O) groups excluding carboxylic acids is 2. The zero-order valence-electron chi connectivity index (χ0n) is 18.7. The first kappa shape index (κ1) is 22.2. The molecule has 0 aliphatic carbocycles. The lowest BCUT2D eigenvalue weighted by atomic mass is 9.98. The maximum absolute atomic E-state index is 13.8. The van der Waals surface area contributed by atoms with Gasteiger partial charge in [0, 0.05) is 22.6 Å². The molecular weight excluding hydrogens is 447 g/mol. The molecule has 0 radical (unpaired) electrons. The van der Waals surface area contributed by atoms with Gasteiger partial charge in [0.25, 0.3) is 11.7 Å². The van der Waals surface area contributed by atoms with Gasteiger partial charge in [-0.15, -0.1) is 0 Å². The topological polar surface area (TPSA) is 82.8 Å². The lowest BCUT2D eigenvalue weighted by Crippen LogP contribution is -2.29. The van der Waals surface area contributed by atoms with Gasteiger partial charge in [-0.3, -0.25) is 14.5 Å². The number of rotatable bonds is 5. The molecule has 1 fully saturated rings. The van der Waals surface area contributed by atoms with Crippen LogP contribution in [0.1, 0.15) is 22.9 Å². The Morgan fingerprint density at radius 2 is 1.66 bits per heavy atom. The summed E-state index contributed by atoms with van der Waals surface area (Å²) in [4.78, 5) is 27.6. The maximum atomic E-state index is 13.8. The molecule has 1 saturated heterocycles. The van der Waals surface area contributed by atoms with Crippen LogP contribution in [0.5, 0.6) is 0 Å². The molecule has 35 heavy (non-hydrogen) atoms. The summed E-state index contributed by atoms with van der Waals surface area (Å²) in [5, 5.41) is 14.3. The number of aliphatic hydroxyl groups is 1. The monoisotopic (exact) mass is 468 g/mol. The molecule has 174 valence electrons. The van der Waals surface area contributed by atoms with Crippen molar-refractivity contribution in [2.75, 3.05) is 10.2 Å². The van der Waals surface area contributed by atoms with Gasteiger partial charge in [-0.05, 0) is 79.2 Å². The second kappa shape index (κ2) is 8.95. The van der Waals surface area contributed by atoms with Crippen LogP contribution < -0.4 is 10.2 Å². The lowest BCUT2D eigenvalue weighted by molar-refractivity contribution is -0.132. The van der Waals surface area contributed by atoms with E-state index in [1.807, 2.05) is 30.3 Å². The van der Waals surface area contributed by atoms with Crippen molar-refractivity contribution in [3.8, 4) is 0 Å². The molecule has 1 aliphatic rings. The van der Waals surface area contributed by atoms with Crippen molar-refractivity contribution in [3.05, 3.63) is 119 Å². The molecular formula is C28H21FN2O4. The third-order valence-corrected chi connectivity index (χ3v) is 5.90. The Bertz CT molecular complexity index is 1430. The Morgan fingerprint density at radius 1 is 0.943 bits per heavy atom. The van der Waals surface area contributed by atoms with Crippen molar-refractivity contribution in [2.24, 2.45) is 0 Å². The number of nitrogens with zero attached hydrogens (tertiary/aromatic N) is 1. The van der Waals surface area contributed by atoms with Gasteiger partial charge in [0.15, 0.2) is 0 Å². The van der Waals surface area contributed by atoms with E-state index >= 15 is 0 Å². The van der Waals surface area contributed by atoms with Gasteiger partial charge >= 0.3 is 0 Å². The van der Waals surface area contributed by atoms with Crippen molar-refractivity contribution in [1.29, 1.82) is 0 Å². The summed E-state index contributed by atoms with van der Waals surface area (Å²) >= 11 is 0. The number of amides is 1. The molecule has 0 spiro atoms. The molecule has 3 aromatic carbocycles. The molecule has 0 saturated carbocycles. The van der Waals surface area contributed by atoms with E-state index in [1.54, 1.807) is 43.3 Å². The van der Waals surface area contributed by atoms with Gasteiger partial charge < -0.3 is 14.8 Å². The van der Waals surface area contributed by atoms with E-state index in [1.165, 1.54) is 29.4 Å². The quantitative estimate of drug-likeness (QED) is 0.210. The molecule has 2 N–H and O–H groups in total. The zero-order valence-corrected chi connectivity index (χ0v) is 18.7. The average Bonchev–Trinajstić information content (AvgIpc) is 3.49. The van der Waals surface area contributed by atoms with E-state index in [9.17, 15) is 19.1 Å². The average molecular weight is 468 g/mol. The minimum atomic E-state index is -0.983. The fraction of sp³-hybridized carbons (Fsp3) is 0.0714. The Kier molecular flexibility index (Phi) is 5.66. The van der Waals surface area contributed by atoms with Crippen molar-refractivity contribution < 1.29 is 23.5 Å². The molecule has 0 bridgehead atoms. The fourth-order valence-electron chi connectivity index (χ4n) is 4.16. The number of anilines is 3. The Balaban J connectivity index is 1.56. The first-order valence-corrected chi connectivity index (χ1v) is 11.0. The fourth-order valence-corrected chi connectivity index (χ4v) is 4.16. The van der Waals surface area contributed by atoms with Gasteiger partial charge in [0.05, 0.1) is 11.8 Å². The van der Waals surface area contributed by atoms with Crippen molar-refractivity contribution >= 4 is 34.5 Å². The van der Waals surface area contributed by atoms with Gasteiger partial charge in [0.2, 0.25) is 0 Å². The number of aliphatic hydroxyl groups excluding tert-OH is 1. The summed E-state index contributed by atoms with van der Waals surface area (Å²) in [5.74, 6) is -2.16. The highest BCUT2D eigenvalue weighted by Gasteiger charge is 2.48. The van der Waals surface area contributed by atoms with Crippen LogP contribution in [-0.2, 0) is 9.59 Å². The molecule has 1 aromatic heterocycles. The molecule has 1 aliphatic heterocycles. The van der Waals surface area contributed by atoms with E-state index in [4.69, 9.17) is 4.42 Å². The number of ketones is 1. The van der Waals surface area contributed by atoms with Crippen LogP contribution in [0.4, 0.5) is 21.5 Å². The van der Waals surface area contributed by atoms with Crippen molar-refractivity contribution in [2.45, 2.75) is 13.0 Å². The smallest absolute Gasteiger partial charge is 0.300 e. The largest absolute Gasteiger partial charge is 0.507 e. The Hall–Kier alpha value is -4.65. The summed E-state index contributed by atoms with van der Waals surface area (Å²) < 4.78 is 19.3. The first-order chi connectivity index (χ1) is 16.9. The highest BCUT2D eigenvalue weighted by atomic mass is 19.1. The molecule has 1 amide bonds. The number of nitrogens with one attached hydrogen (secondary N) is 1. The highest BCUT2D eigenvalue weighted by molar-refractivity contribution is 6.51. The molecule has 2 heterocycles. The normalized spacial score (nSPS) is 17.1.